The summed E-state index contributed by atoms with van der Waals surface area (Å²) in [6.45, 7) is 5.06. The summed E-state index contributed by atoms with van der Waals surface area (Å²) in [6.07, 6.45) is 0. The molecule has 0 atom stereocenters. The second-order valence-corrected chi connectivity index (χ2v) is 6.35. The van der Waals surface area contributed by atoms with Gasteiger partial charge in [-0.25, -0.2) is 4.39 Å². The third kappa shape index (κ3) is 6.39. The maximum atomic E-state index is 13.3. The van der Waals surface area contributed by atoms with Gasteiger partial charge in [0.05, 0.1) is 12.2 Å². The Morgan fingerprint density at radius 1 is 1.25 bits per heavy atom. The molecule has 0 bridgehead atoms. The van der Waals surface area contributed by atoms with E-state index in [1.807, 2.05) is 12.1 Å². The second-order valence-electron chi connectivity index (χ2n) is 5.43. The first-order chi connectivity index (χ1) is 11.0. The summed E-state index contributed by atoms with van der Waals surface area (Å²) in [5.41, 5.74) is 1.75. The molecule has 2 rings (SSSR count). The predicted octanol–water partition coefficient (Wildman–Crippen LogP) is 4.18. The minimum absolute atomic E-state index is 0. The molecule has 1 aromatic heterocycles. The number of benzene rings is 1. The topological polar surface area (TPSA) is 62.5 Å². The van der Waals surface area contributed by atoms with E-state index in [2.05, 4.69) is 50.6 Å². The zero-order valence-electron chi connectivity index (χ0n) is 13.8. The summed E-state index contributed by atoms with van der Waals surface area (Å²) in [7, 11) is 1.68. The Morgan fingerprint density at radius 2 is 1.96 bits per heavy atom. The van der Waals surface area contributed by atoms with E-state index in [1.165, 1.54) is 12.1 Å². The van der Waals surface area contributed by atoms with Gasteiger partial charge in [0.15, 0.2) is 11.7 Å². The molecule has 1 heterocycles. The van der Waals surface area contributed by atoms with Crippen molar-refractivity contribution in [3.05, 3.63) is 51.6 Å². The molecular weight excluding hydrogens is 490 g/mol. The number of nitrogens with one attached hydrogen (secondary N) is 2. The van der Waals surface area contributed by atoms with Gasteiger partial charge in [-0.3, -0.25) is 4.99 Å². The highest BCUT2D eigenvalue weighted by molar-refractivity contribution is 14.0. The predicted molar refractivity (Wildman–Crippen MR) is 107 cm³/mol. The molecule has 24 heavy (non-hydrogen) atoms. The van der Waals surface area contributed by atoms with Gasteiger partial charge in [0, 0.05) is 24.1 Å². The molecule has 0 aliphatic heterocycles. The zero-order valence-corrected chi connectivity index (χ0v) is 17.7. The quantitative estimate of drug-likeness (QED) is 0.360. The van der Waals surface area contributed by atoms with Crippen molar-refractivity contribution in [1.82, 2.24) is 15.8 Å². The molecule has 0 saturated carbocycles. The molecule has 0 radical (unpaired) electrons. The van der Waals surface area contributed by atoms with Gasteiger partial charge in [-0.05, 0) is 29.7 Å². The molecule has 2 aromatic rings. The highest BCUT2D eigenvalue weighted by Gasteiger charge is 2.08. The number of aromatic nitrogens is 1. The molecule has 0 spiro atoms. The minimum atomic E-state index is -0.276. The van der Waals surface area contributed by atoms with Crippen molar-refractivity contribution in [3.8, 4) is 0 Å². The van der Waals surface area contributed by atoms with Gasteiger partial charge < -0.3 is 15.2 Å². The lowest BCUT2D eigenvalue weighted by molar-refractivity contribution is 0.372. The van der Waals surface area contributed by atoms with Crippen LogP contribution in [0.25, 0.3) is 0 Å². The third-order valence-electron chi connectivity index (χ3n) is 3.20. The Kier molecular flexibility index (Phi) is 8.68. The van der Waals surface area contributed by atoms with Crippen LogP contribution in [0.5, 0.6) is 0 Å². The maximum Gasteiger partial charge on any atom is 0.191 e. The molecule has 2 N–H and O–H groups in total. The van der Waals surface area contributed by atoms with Gasteiger partial charge >= 0.3 is 0 Å². The van der Waals surface area contributed by atoms with Crippen LogP contribution in [0.3, 0.4) is 0 Å². The largest absolute Gasteiger partial charge is 0.359 e. The van der Waals surface area contributed by atoms with Crippen LogP contribution in [-0.4, -0.2) is 18.2 Å². The van der Waals surface area contributed by atoms with Crippen molar-refractivity contribution in [3.63, 3.8) is 0 Å². The Balaban J connectivity index is 0.00000288. The fraction of sp³-hybridized carbons (Fsp3) is 0.375. The van der Waals surface area contributed by atoms with Crippen molar-refractivity contribution >= 4 is 45.9 Å². The Morgan fingerprint density at radius 3 is 2.54 bits per heavy atom. The first-order valence-corrected chi connectivity index (χ1v) is 8.12. The lowest BCUT2D eigenvalue weighted by atomic mass is 10.1. The number of guanidine groups is 1. The van der Waals surface area contributed by atoms with E-state index in [9.17, 15) is 4.39 Å². The highest BCUT2D eigenvalue weighted by atomic mass is 127. The van der Waals surface area contributed by atoms with E-state index in [4.69, 9.17) is 4.52 Å². The number of rotatable bonds is 5. The van der Waals surface area contributed by atoms with Gasteiger partial charge in [0.2, 0.25) is 0 Å². The van der Waals surface area contributed by atoms with Crippen LogP contribution in [0.1, 0.15) is 36.8 Å². The van der Waals surface area contributed by atoms with Gasteiger partial charge in [-0.15, -0.1) is 24.0 Å². The second kappa shape index (κ2) is 9.97. The van der Waals surface area contributed by atoms with Crippen molar-refractivity contribution in [2.75, 3.05) is 7.05 Å². The normalized spacial score (nSPS) is 11.3. The number of hydrogen-bond acceptors (Lipinski definition) is 3. The number of halogens is 3. The van der Waals surface area contributed by atoms with Crippen molar-refractivity contribution in [2.24, 2.45) is 4.99 Å². The van der Waals surface area contributed by atoms with Gasteiger partial charge in [0.25, 0.3) is 0 Å². The van der Waals surface area contributed by atoms with Crippen LogP contribution in [-0.2, 0) is 13.1 Å². The smallest absolute Gasteiger partial charge is 0.191 e. The molecule has 5 nitrogen and oxygen atoms in total. The minimum Gasteiger partial charge on any atom is -0.359 e. The maximum absolute atomic E-state index is 13.3. The Labute approximate surface area is 166 Å². The zero-order chi connectivity index (χ0) is 16.8. The summed E-state index contributed by atoms with van der Waals surface area (Å²) in [5, 5.41) is 10.3. The molecule has 0 aliphatic carbocycles. The van der Waals surface area contributed by atoms with E-state index in [0.717, 1.165) is 17.0 Å². The van der Waals surface area contributed by atoms with Crippen LogP contribution < -0.4 is 10.6 Å². The lowest BCUT2D eigenvalue weighted by Crippen LogP contribution is -2.36. The van der Waals surface area contributed by atoms with Gasteiger partial charge in [0.1, 0.15) is 5.82 Å². The van der Waals surface area contributed by atoms with Crippen LogP contribution in [0.15, 0.2) is 38.3 Å². The molecule has 0 unspecified atom stereocenters. The van der Waals surface area contributed by atoms with Crippen molar-refractivity contribution in [2.45, 2.75) is 32.9 Å². The van der Waals surface area contributed by atoms with Gasteiger partial charge in [-0.1, -0.05) is 34.9 Å². The highest BCUT2D eigenvalue weighted by Crippen LogP contribution is 2.15. The number of aliphatic imine (C=N–C) groups is 1. The summed E-state index contributed by atoms with van der Waals surface area (Å²) in [4.78, 5) is 4.13. The van der Waals surface area contributed by atoms with E-state index < -0.39 is 0 Å². The van der Waals surface area contributed by atoms with Crippen molar-refractivity contribution in [1.29, 1.82) is 0 Å². The summed E-state index contributed by atoms with van der Waals surface area (Å²) in [5.74, 6) is 1.40. The van der Waals surface area contributed by atoms with E-state index in [0.29, 0.717) is 29.4 Å². The average Bonchev–Trinajstić information content (AvgIpc) is 2.95. The Hall–Kier alpha value is -1.16. The van der Waals surface area contributed by atoms with Crippen LogP contribution >= 0.6 is 39.9 Å². The SMILES string of the molecule is CN=C(NCc1cc(F)cc(Br)c1)NCc1cc(C(C)C)no1.I. The van der Waals surface area contributed by atoms with E-state index in [1.54, 1.807) is 7.05 Å². The average molecular weight is 511 g/mol. The van der Waals surface area contributed by atoms with E-state index in [-0.39, 0.29) is 29.8 Å². The first kappa shape index (κ1) is 20.9. The molecule has 0 aliphatic rings. The molecular formula is C16H21BrFIN4O. The number of nitrogens with zero attached hydrogens (tertiary/aromatic N) is 2. The standard InChI is InChI=1S/C16H20BrFN4O.HI/c1-10(2)15-7-14(23-22-15)9-21-16(19-3)20-8-11-4-12(17)6-13(18)5-11;/h4-7,10H,8-9H2,1-3H3,(H2,19,20,21);1H. The fourth-order valence-corrected chi connectivity index (χ4v) is 2.49. The van der Waals surface area contributed by atoms with E-state index >= 15 is 0 Å². The summed E-state index contributed by atoms with van der Waals surface area (Å²) in [6, 6.07) is 6.69. The fourth-order valence-electron chi connectivity index (χ4n) is 1.97. The molecule has 0 saturated heterocycles. The van der Waals surface area contributed by atoms with Crippen LogP contribution in [0.4, 0.5) is 4.39 Å². The molecule has 0 amide bonds. The molecule has 0 fully saturated rings. The lowest BCUT2D eigenvalue weighted by Gasteiger charge is -2.11. The third-order valence-corrected chi connectivity index (χ3v) is 3.66. The summed E-state index contributed by atoms with van der Waals surface area (Å²) < 4.78 is 19.3. The molecule has 1 aromatic carbocycles. The summed E-state index contributed by atoms with van der Waals surface area (Å²) >= 11 is 3.28. The van der Waals surface area contributed by atoms with Crippen LogP contribution in [0.2, 0.25) is 0 Å². The Bertz CT molecular complexity index is 670. The monoisotopic (exact) mass is 510 g/mol. The van der Waals surface area contributed by atoms with Crippen molar-refractivity contribution < 1.29 is 8.91 Å². The molecule has 8 heteroatoms. The molecule has 132 valence electrons. The first-order valence-electron chi connectivity index (χ1n) is 7.33. The van der Waals surface area contributed by atoms with Crippen LogP contribution in [0, 0.1) is 5.82 Å². The number of hydrogen-bond donors (Lipinski definition) is 2. The van der Waals surface area contributed by atoms with Gasteiger partial charge in [-0.2, -0.15) is 0 Å².